The largest absolute Gasteiger partial charge is 0.475 e. The van der Waals surface area contributed by atoms with E-state index in [0.29, 0.717) is 12.1 Å². The number of carbonyl (C=O) groups is 1. The summed E-state index contributed by atoms with van der Waals surface area (Å²) in [4.78, 5) is 31.3. The number of anilines is 2. The van der Waals surface area contributed by atoms with Gasteiger partial charge in [0.25, 0.3) is 15.9 Å². The van der Waals surface area contributed by atoms with E-state index in [1.165, 1.54) is 12.1 Å². The molecule has 2 aromatic heterocycles. The summed E-state index contributed by atoms with van der Waals surface area (Å²) in [5.74, 6) is 0.835. The van der Waals surface area contributed by atoms with Gasteiger partial charge in [-0.05, 0) is 67.1 Å². The minimum atomic E-state index is -4.14. The second-order valence-corrected chi connectivity index (χ2v) is 13.4. The van der Waals surface area contributed by atoms with E-state index in [1.807, 2.05) is 63.2 Å². The molecule has 0 fully saturated rings. The number of hydrogen-bond donors (Lipinski definition) is 1. The number of ether oxygens (including phenoxy) is 1. The average molecular weight is 615 g/mol. The Bertz CT molecular complexity index is 1750. The number of sulfonamides is 1. The Kier molecular flexibility index (Phi) is 8.87. The number of nitrogens with one attached hydrogen (secondary N) is 1. The Labute approximate surface area is 259 Å². The van der Waals surface area contributed by atoms with Gasteiger partial charge in [-0.3, -0.25) is 4.79 Å². The van der Waals surface area contributed by atoms with Crippen LogP contribution in [0.15, 0.2) is 71.8 Å². The van der Waals surface area contributed by atoms with Crippen LogP contribution in [0.1, 0.15) is 47.3 Å². The van der Waals surface area contributed by atoms with Crippen molar-refractivity contribution in [3.63, 3.8) is 0 Å². The van der Waals surface area contributed by atoms with Crippen molar-refractivity contribution in [2.45, 2.75) is 51.6 Å². The number of fused-ring (bicyclic) bond motifs is 4. The molecule has 3 heterocycles. The predicted molar refractivity (Wildman–Crippen MR) is 171 cm³/mol. The molecular formula is C33H38N6O4S. The van der Waals surface area contributed by atoms with Gasteiger partial charge in [0, 0.05) is 44.0 Å². The van der Waals surface area contributed by atoms with Gasteiger partial charge < -0.3 is 14.5 Å². The molecular weight excluding hydrogens is 576 g/mol. The lowest BCUT2D eigenvalue weighted by molar-refractivity contribution is 0.0553. The van der Waals surface area contributed by atoms with Crippen LogP contribution in [0.5, 0.6) is 5.88 Å². The standard InChI is InChI=1S/C33H38N6O4S/c1-21(2)15-26-20-43-30-17-28(31-22(3)9-7-10-23(31)4)35-33(36-30)37-44(41,42)27-12-8-11-25(16-27)32(40)39(26)19-24-13-14-29(34-18-24)38(5)6/h7-14,16-18,21,26H,15,19-20H2,1-6H3,(H,35,36,37)/t26-/m1/s1. The number of benzene rings is 2. The maximum absolute atomic E-state index is 14.2. The van der Waals surface area contributed by atoms with Crippen molar-refractivity contribution < 1.29 is 17.9 Å². The van der Waals surface area contributed by atoms with Crippen LogP contribution in [0, 0.1) is 19.8 Å². The van der Waals surface area contributed by atoms with E-state index in [-0.39, 0.29) is 53.3 Å². The Morgan fingerprint density at radius 1 is 1.02 bits per heavy atom. The fourth-order valence-corrected chi connectivity index (χ4v) is 6.37. The molecule has 0 unspecified atom stereocenters. The quantitative estimate of drug-likeness (QED) is 0.304. The summed E-state index contributed by atoms with van der Waals surface area (Å²) in [6.07, 6.45) is 2.41. The van der Waals surface area contributed by atoms with Crippen molar-refractivity contribution in [3.05, 3.63) is 89.1 Å². The van der Waals surface area contributed by atoms with Crippen molar-refractivity contribution in [1.82, 2.24) is 19.9 Å². The molecule has 0 saturated heterocycles. The van der Waals surface area contributed by atoms with E-state index in [9.17, 15) is 13.2 Å². The lowest BCUT2D eigenvalue weighted by Gasteiger charge is -2.33. The third-order valence-electron chi connectivity index (χ3n) is 7.55. The summed E-state index contributed by atoms with van der Waals surface area (Å²) >= 11 is 0. The zero-order valence-electron chi connectivity index (χ0n) is 25.9. The number of amides is 1. The number of pyridine rings is 1. The molecule has 0 spiro atoms. The molecule has 1 atom stereocenters. The lowest BCUT2D eigenvalue weighted by atomic mass is 10.00. The number of hydrogen-bond acceptors (Lipinski definition) is 8. The Balaban J connectivity index is 1.64. The molecule has 1 aliphatic heterocycles. The first kappa shape index (κ1) is 30.9. The second-order valence-electron chi connectivity index (χ2n) is 11.8. The molecule has 10 nitrogen and oxygen atoms in total. The number of aryl methyl sites for hydroxylation is 2. The van der Waals surface area contributed by atoms with Gasteiger partial charge in [0.05, 0.1) is 16.6 Å². The maximum atomic E-state index is 14.2. The number of rotatable bonds is 6. The van der Waals surface area contributed by atoms with E-state index >= 15 is 0 Å². The van der Waals surface area contributed by atoms with Crippen LogP contribution in [-0.2, 0) is 16.6 Å². The Morgan fingerprint density at radius 2 is 1.75 bits per heavy atom. The van der Waals surface area contributed by atoms with Crippen LogP contribution in [0.2, 0.25) is 0 Å². The van der Waals surface area contributed by atoms with Gasteiger partial charge in [0.15, 0.2) is 0 Å². The van der Waals surface area contributed by atoms with Gasteiger partial charge in [0.1, 0.15) is 12.4 Å². The Morgan fingerprint density at radius 3 is 2.41 bits per heavy atom. The Hall–Kier alpha value is -4.51. The van der Waals surface area contributed by atoms with Crippen LogP contribution in [0.4, 0.5) is 11.8 Å². The van der Waals surface area contributed by atoms with Crippen LogP contribution in [0.3, 0.4) is 0 Å². The summed E-state index contributed by atoms with van der Waals surface area (Å²) < 4.78 is 35.9. The summed E-state index contributed by atoms with van der Waals surface area (Å²) in [5.41, 5.74) is 4.47. The first-order chi connectivity index (χ1) is 20.9. The first-order valence-corrected chi connectivity index (χ1v) is 16.0. The lowest BCUT2D eigenvalue weighted by Crippen LogP contribution is -2.44. The highest BCUT2D eigenvalue weighted by Gasteiger charge is 2.29. The number of aromatic nitrogens is 3. The zero-order chi connectivity index (χ0) is 31.6. The molecule has 1 amide bonds. The predicted octanol–water partition coefficient (Wildman–Crippen LogP) is 5.47. The minimum Gasteiger partial charge on any atom is -0.475 e. The van der Waals surface area contributed by atoms with Gasteiger partial charge in [-0.2, -0.15) is 4.98 Å². The van der Waals surface area contributed by atoms with Crippen molar-refractivity contribution in [1.29, 1.82) is 0 Å². The third kappa shape index (κ3) is 6.83. The minimum absolute atomic E-state index is 0.0662. The molecule has 1 N–H and O–H groups in total. The van der Waals surface area contributed by atoms with E-state index in [4.69, 9.17) is 4.74 Å². The van der Waals surface area contributed by atoms with Gasteiger partial charge in [0.2, 0.25) is 11.8 Å². The van der Waals surface area contributed by atoms with E-state index < -0.39 is 10.0 Å². The zero-order valence-corrected chi connectivity index (χ0v) is 26.7. The monoisotopic (exact) mass is 614 g/mol. The number of carbonyl (C=O) groups excluding carboxylic acids is 1. The summed E-state index contributed by atoms with van der Waals surface area (Å²) in [6, 6.07) is 17.2. The average Bonchev–Trinajstić information content (AvgIpc) is 2.97. The smallest absolute Gasteiger partial charge is 0.264 e. The SMILES string of the molecule is Cc1cccc(C)c1-c1cc2nc(n1)NS(=O)(=O)c1cccc(c1)C(=O)N(Cc1ccc(N(C)C)nc1)[C@H](CC(C)C)CO2. The molecule has 0 saturated carbocycles. The molecule has 11 heteroatoms. The highest BCUT2D eigenvalue weighted by atomic mass is 32.2. The topological polar surface area (TPSA) is 118 Å². The highest BCUT2D eigenvalue weighted by Crippen LogP contribution is 2.30. The van der Waals surface area contributed by atoms with Crippen LogP contribution >= 0.6 is 0 Å². The summed E-state index contributed by atoms with van der Waals surface area (Å²) in [6.45, 7) is 8.54. The van der Waals surface area contributed by atoms with E-state index in [1.54, 1.807) is 29.3 Å². The van der Waals surface area contributed by atoms with Crippen molar-refractivity contribution in [2.24, 2.45) is 5.92 Å². The maximum Gasteiger partial charge on any atom is 0.264 e. The molecule has 44 heavy (non-hydrogen) atoms. The summed E-state index contributed by atoms with van der Waals surface area (Å²) in [7, 11) is -0.304. The number of nitrogens with zero attached hydrogens (tertiary/aromatic N) is 5. The van der Waals surface area contributed by atoms with E-state index in [2.05, 4.69) is 33.5 Å². The van der Waals surface area contributed by atoms with Crippen LogP contribution < -0.4 is 14.4 Å². The molecule has 0 radical (unpaired) electrons. The van der Waals surface area contributed by atoms with Crippen LogP contribution in [0.25, 0.3) is 11.3 Å². The van der Waals surface area contributed by atoms with Gasteiger partial charge >= 0.3 is 0 Å². The molecule has 2 aromatic carbocycles. The fraction of sp³-hybridized carbons (Fsp3) is 0.333. The highest BCUT2D eigenvalue weighted by molar-refractivity contribution is 7.92. The molecule has 4 bridgehead atoms. The van der Waals surface area contributed by atoms with Gasteiger partial charge in [-0.25, -0.2) is 23.1 Å². The van der Waals surface area contributed by atoms with Gasteiger partial charge in [-0.1, -0.05) is 44.2 Å². The summed E-state index contributed by atoms with van der Waals surface area (Å²) in [5, 5.41) is 0. The second kappa shape index (κ2) is 12.6. The van der Waals surface area contributed by atoms with Crippen molar-refractivity contribution in [3.8, 4) is 17.1 Å². The van der Waals surface area contributed by atoms with E-state index in [0.717, 1.165) is 28.1 Å². The van der Waals surface area contributed by atoms with Crippen LogP contribution in [-0.4, -0.2) is 60.9 Å². The van der Waals surface area contributed by atoms with Crippen molar-refractivity contribution in [2.75, 3.05) is 30.3 Å². The molecule has 0 aliphatic carbocycles. The normalized spacial score (nSPS) is 16.3. The molecule has 230 valence electrons. The molecule has 4 aromatic rings. The molecule has 1 aliphatic rings. The third-order valence-corrected chi connectivity index (χ3v) is 8.87. The van der Waals surface area contributed by atoms with Crippen molar-refractivity contribution >= 4 is 27.7 Å². The fourth-order valence-electron chi connectivity index (χ4n) is 5.38. The molecule has 5 rings (SSSR count). The first-order valence-electron chi connectivity index (χ1n) is 14.6. The van der Waals surface area contributed by atoms with Gasteiger partial charge in [-0.15, -0.1) is 0 Å².